The molecule has 0 fully saturated rings. The third kappa shape index (κ3) is 5.10. The number of nitrogens with one attached hydrogen (secondary N) is 1. The maximum atomic E-state index is 12.9. The molecule has 1 aliphatic rings. The van der Waals surface area contributed by atoms with E-state index in [9.17, 15) is 13.2 Å². The van der Waals surface area contributed by atoms with Gasteiger partial charge >= 0.3 is 6.03 Å². The van der Waals surface area contributed by atoms with Gasteiger partial charge in [0.2, 0.25) is 0 Å². The Balaban J connectivity index is 1.59. The molecule has 33 heavy (non-hydrogen) atoms. The summed E-state index contributed by atoms with van der Waals surface area (Å²) < 4.78 is 27.7. The minimum Gasteiger partial charge on any atom is -0.246 e. The summed E-state index contributed by atoms with van der Waals surface area (Å²) in [7, 11) is -4.04. The number of sulfonamides is 1. The summed E-state index contributed by atoms with van der Waals surface area (Å²) in [6, 6.07) is 22.6. The van der Waals surface area contributed by atoms with Gasteiger partial charge in [-0.3, -0.25) is 0 Å². The average Bonchev–Trinajstić information content (AvgIpc) is 3.26. The zero-order valence-electron chi connectivity index (χ0n) is 18.3. The zero-order valence-corrected chi connectivity index (χ0v) is 19.8. The Hall–Kier alpha value is -3.16. The van der Waals surface area contributed by atoms with E-state index in [-0.39, 0.29) is 23.3 Å². The molecule has 0 aromatic heterocycles. The summed E-state index contributed by atoms with van der Waals surface area (Å²) in [6.45, 7) is 4.27. The van der Waals surface area contributed by atoms with Crippen molar-refractivity contribution in [1.82, 2.24) is 9.73 Å². The fourth-order valence-electron chi connectivity index (χ4n) is 3.71. The van der Waals surface area contributed by atoms with Crippen molar-refractivity contribution in [1.29, 1.82) is 0 Å². The Morgan fingerprint density at radius 2 is 1.64 bits per heavy atom. The SMILES string of the molecule is CC(C)c1ccc(S(=O)(=O)NC(=O)N2CC(c3ccccc3)C(c3ccc(Cl)cc3)=N2)cc1. The molecule has 0 spiro atoms. The van der Waals surface area contributed by atoms with Crippen LogP contribution in [0.3, 0.4) is 0 Å². The normalized spacial score (nSPS) is 16.1. The lowest BCUT2D eigenvalue weighted by Gasteiger charge is -2.16. The summed E-state index contributed by atoms with van der Waals surface area (Å²) >= 11 is 6.03. The molecule has 0 radical (unpaired) electrons. The van der Waals surface area contributed by atoms with E-state index >= 15 is 0 Å². The molecule has 3 aromatic rings. The lowest BCUT2D eigenvalue weighted by atomic mass is 9.91. The van der Waals surface area contributed by atoms with Gasteiger partial charge in [0.25, 0.3) is 10.0 Å². The Bertz CT molecular complexity index is 1270. The number of hydrogen-bond donors (Lipinski definition) is 1. The highest BCUT2D eigenvalue weighted by molar-refractivity contribution is 7.90. The first-order valence-electron chi connectivity index (χ1n) is 10.6. The van der Waals surface area contributed by atoms with E-state index in [1.807, 2.05) is 56.3 Å². The summed E-state index contributed by atoms with van der Waals surface area (Å²) in [5.41, 5.74) is 3.48. The number of nitrogens with zero attached hydrogens (tertiary/aromatic N) is 2. The lowest BCUT2D eigenvalue weighted by molar-refractivity contribution is 0.210. The molecule has 1 heterocycles. The standard InChI is InChI=1S/C25H24ClN3O3S/c1-17(2)18-10-14-22(15-11-18)33(31,32)28-25(30)29-16-23(19-6-4-3-5-7-19)24(27-29)20-8-12-21(26)13-9-20/h3-15,17,23H,16H2,1-2H3,(H,28,30). The number of rotatable bonds is 5. The number of benzene rings is 3. The average molecular weight is 482 g/mol. The third-order valence-corrected chi connectivity index (χ3v) is 7.16. The van der Waals surface area contributed by atoms with Crippen molar-refractivity contribution in [2.75, 3.05) is 6.54 Å². The van der Waals surface area contributed by atoms with Crippen LogP contribution in [0.15, 0.2) is 88.9 Å². The molecule has 0 bridgehead atoms. The number of carbonyl (C=O) groups excluding carboxylic acids is 1. The lowest BCUT2D eigenvalue weighted by Crippen LogP contribution is -2.39. The monoisotopic (exact) mass is 481 g/mol. The topological polar surface area (TPSA) is 78.8 Å². The van der Waals surface area contributed by atoms with Crippen LogP contribution in [0.1, 0.15) is 42.4 Å². The molecule has 1 aliphatic heterocycles. The van der Waals surface area contributed by atoms with Crippen LogP contribution >= 0.6 is 11.6 Å². The van der Waals surface area contributed by atoms with Crippen LogP contribution < -0.4 is 4.72 Å². The van der Waals surface area contributed by atoms with Crippen molar-refractivity contribution >= 4 is 33.4 Å². The molecule has 1 unspecified atom stereocenters. The molecule has 6 nitrogen and oxygen atoms in total. The van der Waals surface area contributed by atoms with Gasteiger partial charge in [-0.15, -0.1) is 0 Å². The molecular weight excluding hydrogens is 458 g/mol. The van der Waals surface area contributed by atoms with E-state index in [2.05, 4.69) is 9.82 Å². The highest BCUT2D eigenvalue weighted by atomic mass is 35.5. The maximum Gasteiger partial charge on any atom is 0.351 e. The molecule has 8 heteroatoms. The Labute approximate surface area is 198 Å². The minimum atomic E-state index is -4.04. The number of hydrogen-bond acceptors (Lipinski definition) is 4. The quantitative estimate of drug-likeness (QED) is 0.532. The molecule has 170 valence electrons. The third-order valence-electron chi connectivity index (χ3n) is 5.57. The second kappa shape index (κ2) is 9.37. The van der Waals surface area contributed by atoms with E-state index in [4.69, 9.17) is 11.6 Å². The largest absolute Gasteiger partial charge is 0.351 e. The molecule has 3 aromatic carbocycles. The molecule has 1 N–H and O–H groups in total. The molecular formula is C25H24ClN3O3S. The van der Waals surface area contributed by atoms with Crippen LogP contribution in [0.5, 0.6) is 0 Å². The zero-order chi connectivity index (χ0) is 23.6. The predicted molar refractivity (Wildman–Crippen MR) is 130 cm³/mol. The van der Waals surface area contributed by atoms with Gasteiger partial charge in [0.15, 0.2) is 0 Å². The Kier molecular flexibility index (Phi) is 6.54. The van der Waals surface area contributed by atoms with E-state index in [1.54, 1.807) is 24.3 Å². The van der Waals surface area contributed by atoms with Gasteiger partial charge in [0, 0.05) is 10.9 Å². The molecule has 0 saturated carbocycles. The van der Waals surface area contributed by atoms with E-state index in [0.29, 0.717) is 10.7 Å². The maximum absolute atomic E-state index is 12.9. The van der Waals surface area contributed by atoms with Crippen molar-refractivity contribution in [2.45, 2.75) is 30.6 Å². The van der Waals surface area contributed by atoms with E-state index in [0.717, 1.165) is 16.7 Å². The first-order valence-corrected chi connectivity index (χ1v) is 12.4. The van der Waals surface area contributed by atoms with Crippen molar-refractivity contribution in [3.63, 3.8) is 0 Å². The van der Waals surface area contributed by atoms with Crippen molar-refractivity contribution in [3.8, 4) is 0 Å². The van der Waals surface area contributed by atoms with Gasteiger partial charge in [-0.05, 0) is 46.9 Å². The fraction of sp³-hybridized carbons (Fsp3) is 0.200. The van der Waals surface area contributed by atoms with Crippen LogP contribution in [0, 0.1) is 0 Å². The molecule has 1 atom stereocenters. The van der Waals surface area contributed by atoms with Gasteiger partial charge in [-0.1, -0.05) is 80.0 Å². The Morgan fingerprint density at radius 3 is 2.24 bits per heavy atom. The fourth-order valence-corrected chi connectivity index (χ4v) is 4.79. The first kappa shape index (κ1) is 23.0. The number of carbonyl (C=O) groups is 1. The summed E-state index contributed by atoms with van der Waals surface area (Å²) in [4.78, 5) is 13.0. The number of halogens is 1. The molecule has 0 saturated heterocycles. The summed E-state index contributed by atoms with van der Waals surface area (Å²) in [5.74, 6) is 0.0719. The summed E-state index contributed by atoms with van der Waals surface area (Å²) in [5, 5.41) is 6.25. The van der Waals surface area contributed by atoms with Gasteiger partial charge in [0.1, 0.15) is 0 Å². The van der Waals surface area contributed by atoms with Gasteiger partial charge in [-0.2, -0.15) is 5.10 Å². The van der Waals surface area contributed by atoms with E-state index in [1.165, 1.54) is 17.1 Å². The highest BCUT2D eigenvalue weighted by Gasteiger charge is 2.33. The molecule has 2 amide bonds. The highest BCUT2D eigenvalue weighted by Crippen LogP contribution is 2.29. The molecule has 4 rings (SSSR count). The second-order valence-electron chi connectivity index (χ2n) is 8.17. The van der Waals surface area contributed by atoms with Gasteiger partial charge < -0.3 is 0 Å². The van der Waals surface area contributed by atoms with Crippen LogP contribution in [-0.2, 0) is 10.0 Å². The van der Waals surface area contributed by atoms with Gasteiger partial charge in [-0.25, -0.2) is 22.9 Å². The molecule has 0 aliphatic carbocycles. The van der Waals surface area contributed by atoms with Gasteiger partial charge in [0.05, 0.1) is 17.2 Å². The predicted octanol–water partition coefficient (Wildman–Crippen LogP) is 5.37. The minimum absolute atomic E-state index is 0.0287. The number of hydrazone groups is 1. The van der Waals surface area contributed by atoms with Crippen LogP contribution in [-0.4, -0.2) is 31.7 Å². The van der Waals surface area contributed by atoms with Crippen molar-refractivity contribution < 1.29 is 13.2 Å². The van der Waals surface area contributed by atoms with Crippen LogP contribution in [0.4, 0.5) is 4.79 Å². The number of amides is 2. The summed E-state index contributed by atoms with van der Waals surface area (Å²) in [6.07, 6.45) is 0. The first-order chi connectivity index (χ1) is 15.7. The van der Waals surface area contributed by atoms with Crippen LogP contribution in [0.2, 0.25) is 5.02 Å². The van der Waals surface area contributed by atoms with Crippen molar-refractivity contribution in [3.05, 3.63) is 101 Å². The smallest absolute Gasteiger partial charge is 0.246 e. The number of urea groups is 1. The van der Waals surface area contributed by atoms with Crippen LogP contribution in [0.25, 0.3) is 0 Å². The van der Waals surface area contributed by atoms with Crippen molar-refractivity contribution in [2.24, 2.45) is 5.10 Å². The Morgan fingerprint density at radius 1 is 1.00 bits per heavy atom. The van der Waals surface area contributed by atoms with E-state index < -0.39 is 16.1 Å². The second-order valence-corrected chi connectivity index (χ2v) is 10.3.